The third kappa shape index (κ3) is 7.40. The van der Waals surface area contributed by atoms with Gasteiger partial charge in [0, 0.05) is 34.1 Å². The van der Waals surface area contributed by atoms with Crippen LogP contribution in [-0.4, -0.2) is 23.1 Å². The molecular formula is C28H26Cl2N4. The van der Waals surface area contributed by atoms with Crippen LogP contribution in [0.15, 0.2) is 97.3 Å². The molecule has 0 saturated carbocycles. The molecule has 6 heteroatoms. The van der Waals surface area contributed by atoms with E-state index in [0.29, 0.717) is 18.1 Å². The van der Waals surface area contributed by atoms with Gasteiger partial charge >= 0.3 is 0 Å². The first kappa shape index (κ1) is 25.4. The van der Waals surface area contributed by atoms with Gasteiger partial charge in [-0.25, -0.2) is 6.57 Å². The molecule has 0 saturated heterocycles. The van der Waals surface area contributed by atoms with E-state index >= 15 is 0 Å². The second-order valence-electron chi connectivity index (χ2n) is 7.64. The minimum absolute atomic E-state index is 0.0194. The number of nitrogens with zero attached hydrogens (tertiary/aromatic N) is 3. The topological polar surface area (TPSA) is 56.2 Å². The quantitative estimate of drug-likeness (QED) is 0.284. The highest BCUT2D eigenvalue weighted by Gasteiger charge is 2.18. The van der Waals surface area contributed by atoms with Gasteiger partial charge < -0.3 is 10.6 Å². The van der Waals surface area contributed by atoms with Crippen molar-refractivity contribution in [3.8, 4) is 0 Å². The molecule has 172 valence electrons. The van der Waals surface area contributed by atoms with Gasteiger partial charge in [-0.1, -0.05) is 59.6 Å². The number of hydrogen-bond donors (Lipinski definition) is 1. The van der Waals surface area contributed by atoms with E-state index < -0.39 is 0 Å². The van der Waals surface area contributed by atoms with Gasteiger partial charge in [0.05, 0.1) is 11.6 Å². The van der Waals surface area contributed by atoms with Gasteiger partial charge in [0.25, 0.3) is 0 Å². The van der Waals surface area contributed by atoms with E-state index in [1.807, 2.05) is 91.1 Å². The zero-order valence-corrected chi connectivity index (χ0v) is 20.2. The standard InChI is InChI=1S/C14H11ClN2.C14H15ClN2/c1-16-10-13(14-4-2-3-9-17-14)11-5-7-12(15)8-6-11;15-12-6-4-11(5-7-12)13(8-9-16)14-3-1-2-10-17-14/h2-9,13H,10H2;1-7,10,13H,8-9,16H2. The smallest absolute Gasteiger partial charge is 0.227 e. The number of benzene rings is 2. The minimum atomic E-state index is 0.0194. The Kier molecular flexibility index (Phi) is 10.1. The van der Waals surface area contributed by atoms with Crippen LogP contribution in [0.3, 0.4) is 0 Å². The van der Waals surface area contributed by atoms with Crippen molar-refractivity contribution in [2.75, 3.05) is 13.1 Å². The number of rotatable bonds is 7. The van der Waals surface area contributed by atoms with Crippen LogP contribution in [0.25, 0.3) is 4.85 Å². The maximum absolute atomic E-state index is 7.05. The lowest BCUT2D eigenvalue weighted by Gasteiger charge is -2.16. The fourth-order valence-corrected chi connectivity index (χ4v) is 3.92. The predicted molar refractivity (Wildman–Crippen MR) is 140 cm³/mol. The van der Waals surface area contributed by atoms with E-state index in [-0.39, 0.29) is 11.8 Å². The minimum Gasteiger partial charge on any atom is -0.330 e. The molecule has 0 aliphatic heterocycles. The average Bonchev–Trinajstić information content (AvgIpc) is 2.89. The molecule has 4 aromatic rings. The Balaban J connectivity index is 0.000000191. The first-order chi connectivity index (χ1) is 16.6. The van der Waals surface area contributed by atoms with Gasteiger partial charge in [-0.15, -0.1) is 0 Å². The third-order valence-electron chi connectivity index (χ3n) is 5.36. The van der Waals surface area contributed by atoms with Crippen LogP contribution in [0.1, 0.15) is 40.8 Å². The fourth-order valence-electron chi connectivity index (χ4n) is 3.67. The molecule has 0 spiro atoms. The summed E-state index contributed by atoms with van der Waals surface area (Å²) in [6, 6.07) is 27.2. The molecule has 0 fully saturated rings. The number of nitrogens with two attached hydrogens (primary N) is 1. The van der Waals surface area contributed by atoms with Crippen LogP contribution in [0.4, 0.5) is 0 Å². The Labute approximate surface area is 211 Å². The summed E-state index contributed by atoms with van der Waals surface area (Å²) in [5.41, 5.74) is 9.94. The summed E-state index contributed by atoms with van der Waals surface area (Å²) in [4.78, 5) is 12.2. The SMILES string of the molecule is NCCC(c1ccc(Cl)cc1)c1ccccn1.[C-]#[N+]CC(c1ccc(Cl)cc1)c1ccccn1. The van der Waals surface area contributed by atoms with Crippen LogP contribution in [0.5, 0.6) is 0 Å². The van der Waals surface area contributed by atoms with Crippen molar-refractivity contribution in [3.05, 3.63) is 141 Å². The summed E-state index contributed by atoms with van der Waals surface area (Å²) in [6.07, 6.45) is 4.45. The lowest BCUT2D eigenvalue weighted by molar-refractivity contribution is 0.706. The van der Waals surface area contributed by atoms with Gasteiger partial charge in [0.1, 0.15) is 0 Å². The molecule has 2 atom stereocenters. The molecule has 0 aliphatic rings. The molecule has 2 aromatic heterocycles. The highest BCUT2D eigenvalue weighted by Crippen LogP contribution is 2.27. The Bertz CT molecular complexity index is 1160. The van der Waals surface area contributed by atoms with Crippen molar-refractivity contribution in [3.63, 3.8) is 0 Å². The molecule has 4 rings (SSSR count). The maximum Gasteiger partial charge on any atom is 0.227 e. The van der Waals surface area contributed by atoms with Crippen molar-refractivity contribution < 1.29 is 0 Å². The number of aromatic nitrogens is 2. The first-order valence-electron chi connectivity index (χ1n) is 11.0. The molecule has 2 N–H and O–H groups in total. The molecule has 2 heterocycles. The Morgan fingerprint density at radius 1 is 0.706 bits per heavy atom. The number of halogens is 2. The van der Waals surface area contributed by atoms with Crippen LogP contribution < -0.4 is 5.73 Å². The molecular weight excluding hydrogens is 463 g/mol. The molecule has 0 aliphatic carbocycles. The fraction of sp³-hybridized carbons (Fsp3) is 0.179. The van der Waals surface area contributed by atoms with E-state index in [4.69, 9.17) is 35.5 Å². The third-order valence-corrected chi connectivity index (χ3v) is 5.87. The lowest BCUT2D eigenvalue weighted by Crippen LogP contribution is -2.10. The zero-order valence-electron chi connectivity index (χ0n) is 18.7. The number of hydrogen-bond acceptors (Lipinski definition) is 3. The number of pyridine rings is 2. The van der Waals surface area contributed by atoms with Gasteiger partial charge in [-0.3, -0.25) is 9.97 Å². The Hall–Kier alpha value is -3.23. The molecule has 34 heavy (non-hydrogen) atoms. The monoisotopic (exact) mass is 488 g/mol. The molecule has 0 amide bonds. The second kappa shape index (κ2) is 13.5. The van der Waals surface area contributed by atoms with Crippen molar-refractivity contribution in [2.24, 2.45) is 5.73 Å². The molecule has 2 unspecified atom stereocenters. The Morgan fingerprint density at radius 2 is 1.18 bits per heavy atom. The highest BCUT2D eigenvalue weighted by molar-refractivity contribution is 6.30. The molecule has 0 radical (unpaired) electrons. The van der Waals surface area contributed by atoms with Gasteiger partial charge in [0.15, 0.2) is 0 Å². The normalized spacial score (nSPS) is 12.1. The lowest BCUT2D eigenvalue weighted by atomic mass is 9.92. The van der Waals surface area contributed by atoms with Crippen molar-refractivity contribution in [1.29, 1.82) is 0 Å². The largest absolute Gasteiger partial charge is 0.330 e. The summed E-state index contributed by atoms with van der Waals surface area (Å²) in [6.45, 7) is 8.09. The predicted octanol–water partition coefficient (Wildman–Crippen LogP) is 7.00. The van der Waals surface area contributed by atoms with E-state index in [1.54, 1.807) is 6.20 Å². The van der Waals surface area contributed by atoms with Crippen LogP contribution >= 0.6 is 23.2 Å². The van der Waals surface area contributed by atoms with Crippen molar-refractivity contribution >= 4 is 23.2 Å². The van der Waals surface area contributed by atoms with Gasteiger partial charge in [-0.05, 0) is 72.6 Å². The summed E-state index contributed by atoms with van der Waals surface area (Å²) in [7, 11) is 0. The highest BCUT2D eigenvalue weighted by atomic mass is 35.5. The van der Waals surface area contributed by atoms with Gasteiger partial charge in [0.2, 0.25) is 6.54 Å². The van der Waals surface area contributed by atoms with Crippen molar-refractivity contribution in [1.82, 2.24) is 9.97 Å². The summed E-state index contributed by atoms with van der Waals surface area (Å²) < 4.78 is 0. The molecule has 4 nitrogen and oxygen atoms in total. The average molecular weight is 489 g/mol. The van der Waals surface area contributed by atoms with E-state index in [0.717, 1.165) is 28.4 Å². The zero-order chi connectivity index (χ0) is 24.2. The van der Waals surface area contributed by atoms with E-state index in [1.165, 1.54) is 5.56 Å². The van der Waals surface area contributed by atoms with E-state index in [9.17, 15) is 0 Å². The Morgan fingerprint density at radius 3 is 1.59 bits per heavy atom. The summed E-state index contributed by atoms with van der Waals surface area (Å²) in [5, 5.41) is 1.46. The van der Waals surface area contributed by atoms with Crippen LogP contribution in [-0.2, 0) is 0 Å². The molecule has 0 bridgehead atoms. The van der Waals surface area contributed by atoms with Gasteiger partial charge in [-0.2, -0.15) is 0 Å². The summed E-state index contributed by atoms with van der Waals surface area (Å²) >= 11 is 11.8. The maximum atomic E-state index is 7.05. The van der Waals surface area contributed by atoms with Crippen LogP contribution in [0, 0.1) is 6.57 Å². The van der Waals surface area contributed by atoms with E-state index in [2.05, 4.69) is 14.8 Å². The van der Waals surface area contributed by atoms with Crippen LogP contribution in [0.2, 0.25) is 10.0 Å². The first-order valence-corrected chi connectivity index (χ1v) is 11.7. The second-order valence-corrected chi connectivity index (χ2v) is 8.51. The molecule has 2 aromatic carbocycles. The summed E-state index contributed by atoms with van der Waals surface area (Å²) in [5.74, 6) is 0.268. The van der Waals surface area contributed by atoms with Crippen molar-refractivity contribution in [2.45, 2.75) is 18.3 Å².